The summed E-state index contributed by atoms with van der Waals surface area (Å²) in [4.78, 5) is 30.4. The molecule has 0 unspecified atom stereocenters. The lowest BCUT2D eigenvalue weighted by molar-refractivity contribution is -0.134. The molecule has 0 saturated carbocycles. The molecule has 136 valence electrons. The Kier molecular flexibility index (Phi) is 5.01. The minimum absolute atomic E-state index is 0.133. The molecule has 2 heterocycles. The molecular formula is C18H21N5O3. The van der Waals surface area contributed by atoms with Gasteiger partial charge in [-0.15, -0.1) is 0 Å². The number of hydrogen-bond donors (Lipinski definition) is 3. The maximum Gasteiger partial charge on any atom is 0.322 e. The number of aromatic amines is 1. The maximum absolute atomic E-state index is 12.4. The first-order chi connectivity index (χ1) is 12.5. The van der Waals surface area contributed by atoms with E-state index in [0.717, 1.165) is 29.8 Å². The third kappa shape index (κ3) is 3.74. The Morgan fingerprint density at radius 3 is 2.69 bits per heavy atom. The molecule has 0 atom stereocenters. The average molecular weight is 355 g/mol. The number of carboxylic acids is 1. The van der Waals surface area contributed by atoms with Crippen molar-refractivity contribution in [1.29, 1.82) is 0 Å². The van der Waals surface area contributed by atoms with Gasteiger partial charge in [0.2, 0.25) is 0 Å². The zero-order valence-corrected chi connectivity index (χ0v) is 14.7. The van der Waals surface area contributed by atoms with E-state index in [4.69, 9.17) is 5.11 Å². The highest BCUT2D eigenvalue weighted by Crippen LogP contribution is 2.16. The molecule has 0 aliphatic rings. The van der Waals surface area contributed by atoms with E-state index in [1.807, 2.05) is 24.3 Å². The van der Waals surface area contributed by atoms with Crippen molar-refractivity contribution in [3.05, 3.63) is 51.7 Å². The topological polar surface area (TPSA) is 113 Å². The molecule has 3 rings (SSSR count). The van der Waals surface area contributed by atoms with Crippen LogP contribution in [0.15, 0.2) is 29.1 Å². The molecule has 0 bridgehead atoms. The highest BCUT2D eigenvalue weighted by atomic mass is 16.4. The van der Waals surface area contributed by atoms with Gasteiger partial charge >= 0.3 is 5.97 Å². The number of aryl methyl sites for hydroxylation is 2. The van der Waals surface area contributed by atoms with Crippen LogP contribution in [0.1, 0.15) is 30.4 Å². The van der Waals surface area contributed by atoms with Gasteiger partial charge < -0.3 is 15.4 Å². The molecule has 3 N–H and O–H groups in total. The highest BCUT2D eigenvalue weighted by Gasteiger charge is 2.14. The van der Waals surface area contributed by atoms with Gasteiger partial charge in [-0.2, -0.15) is 5.10 Å². The van der Waals surface area contributed by atoms with E-state index < -0.39 is 5.97 Å². The number of carboxylic acid groups (broad SMARTS) is 1. The van der Waals surface area contributed by atoms with Crippen LogP contribution in [0.25, 0.3) is 11.0 Å². The van der Waals surface area contributed by atoms with Crippen molar-refractivity contribution in [2.45, 2.75) is 26.2 Å². The van der Waals surface area contributed by atoms with Crippen molar-refractivity contribution in [2.24, 2.45) is 7.05 Å². The van der Waals surface area contributed by atoms with Crippen LogP contribution in [0.3, 0.4) is 0 Å². The lowest BCUT2D eigenvalue weighted by Crippen LogP contribution is -2.14. The molecule has 0 aliphatic heterocycles. The Hall–Kier alpha value is -3.16. The molecule has 0 spiro atoms. The van der Waals surface area contributed by atoms with Gasteiger partial charge in [-0.25, -0.2) is 4.98 Å². The van der Waals surface area contributed by atoms with Gasteiger partial charge in [-0.1, -0.05) is 25.5 Å². The summed E-state index contributed by atoms with van der Waals surface area (Å²) in [6, 6.07) is 7.37. The van der Waals surface area contributed by atoms with Crippen molar-refractivity contribution in [3.8, 4) is 0 Å². The Bertz CT molecular complexity index is 988. The Morgan fingerprint density at radius 2 is 2.04 bits per heavy atom. The first-order valence-electron chi connectivity index (χ1n) is 8.47. The number of nitrogens with zero attached hydrogens (tertiary/aromatic N) is 3. The van der Waals surface area contributed by atoms with Crippen molar-refractivity contribution < 1.29 is 9.90 Å². The van der Waals surface area contributed by atoms with E-state index in [0.29, 0.717) is 23.3 Å². The van der Waals surface area contributed by atoms with E-state index in [1.54, 1.807) is 11.7 Å². The molecule has 26 heavy (non-hydrogen) atoms. The second-order valence-electron chi connectivity index (χ2n) is 6.15. The summed E-state index contributed by atoms with van der Waals surface area (Å²) < 4.78 is 1.58. The average Bonchev–Trinajstić information content (AvgIpc) is 2.91. The smallest absolute Gasteiger partial charge is 0.322 e. The second kappa shape index (κ2) is 7.38. The number of rotatable bonds is 7. The summed E-state index contributed by atoms with van der Waals surface area (Å²) >= 11 is 0. The Morgan fingerprint density at radius 1 is 1.31 bits per heavy atom. The SMILES string of the molecule is CCCc1nn(C)c2c(=O)[nH]c(Cc3ccc(NCC(=O)O)cc3)nc12. The van der Waals surface area contributed by atoms with Crippen LogP contribution in [-0.2, 0) is 24.7 Å². The van der Waals surface area contributed by atoms with Crippen LogP contribution in [0, 0.1) is 0 Å². The van der Waals surface area contributed by atoms with Crippen LogP contribution in [0.4, 0.5) is 5.69 Å². The first kappa shape index (κ1) is 17.7. The zero-order chi connectivity index (χ0) is 18.7. The number of nitrogens with one attached hydrogen (secondary N) is 2. The summed E-state index contributed by atoms with van der Waals surface area (Å²) in [7, 11) is 1.75. The molecule has 8 nitrogen and oxygen atoms in total. The fourth-order valence-corrected chi connectivity index (χ4v) is 2.89. The summed E-state index contributed by atoms with van der Waals surface area (Å²) in [5.74, 6) is -0.331. The van der Waals surface area contributed by atoms with Gasteiger partial charge in [0.15, 0.2) is 5.52 Å². The first-order valence-corrected chi connectivity index (χ1v) is 8.47. The summed E-state index contributed by atoms with van der Waals surface area (Å²) in [6.07, 6.45) is 2.18. The van der Waals surface area contributed by atoms with Crippen molar-refractivity contribution in [3.63, 3.8) is 0 Å². The molecule has 0 radical (unpaired) electrons. The lowest BCUT2D eigenvalue weighted by atomic mass is 10.1. The predicted molar refractivity (Wildman–Crippen MR) is 98.5 cm³/mol. The van der Waals surface area contributed by atoms with E-state index in [2.05, 4.69) is 27.3 Å². The highest BCUT2D eigenvalue weighted by molar-refractivity contribution is 5.76. The molecule has 0 amide bonds. The zero-order valence-electron chi connectivity index (χ0n) is 14.7. The molecule has 1 aromatic carbocycles. The van der Waals surface area contributed by atoms with Crippen molar-refractivity contribution in [2.75, 3.05) is 11.9 Å². The molecule has 2 aromatic heterocycles. The van der Waals surface area contributed by atoms with Crippen LogP contribution in [0.5, 0.6) is 0 Å². The van der Waals surface area contributed by atoms with Gasteiger partial charge in [0.05, 0.1) is 5.69 Å². The fourth-order valence-electron chi connectivity index (χ4n) is 2.89. The largest absolute Gasteiger partial charge is 0.480 e. The third-order valence-corrected chi connectivity index (χ3v) is 4.07. The molecule has 0 saturated heterocycles. The Labute approximate surface area is 149 Å². The van der Waals surface area contributed by atoms with Crippen LogP contribution in [-0.4, -0.2) is 37.4 Å². The van der Waals surface area contributed by atoms with E-state index in [9.17, 15) is 9.59 Å². The van der Waals surface area contributed by atoms with Gasteiger partial charge in [-0.3, -0.25) is 14.3 Å². The number of anilines is 1. The predicted octanol–water partition coefficient (Wildman–Crippen LogP) is 1.70. The third-order valence-electron chi connectivity index (χ3n) is 4.07. The quantitative estimate of drug-likeness (QED) is 0.594. The van der Waals surface area contributed by atoms with E-state index >= 15 is 0 Å². The minimum Gasteiger partial charge on any atom is -0.480 e. The standard InChI is InChI=1S/C18H21N5O3/c1-3-4-13-16-17(23(2)22-13)18(26)21-14(20-16)9-11-5-7-12(8-6-11)19-10-15(24)25/h5-8,19H,3-4,9-10H2,1-2H3,(H,24,25)(H,20,21,26). The minimum atomic E-state index is -0.913. The second-order valence-corrected chi connectivity index (χ2v) is 6.15. The molecular weight excluding hydrogens is 334 g/mol. The van der Waals surface area contributed by atoms with Crippen molar-refractivity contribution in [1.82, 2.24) is 19.7 Å². The molecule has 8 heteroatoms. The van der Waals surface area contributed by atoms with E-state index in [-0.39, 0.29) is 12.1 Å². The molecule has 3 aromatic rings. The number of hydrogen-bond acceptors (Lipinski definition) is 5. The number of fused-ring (bicyclic) bond motifs is 1. The fraction of sp³-hybridized carbons (Fsp3) is 0.333. The summed E-state index contributed by atoms with van der Waals surface area (Å²) in [5, 5.41) is 15.9. The number of H-pyrrole nitrogens is 1. The van der Waals surface area contributed by atoms with E-state index in [1.165, 1.54) is 0 Å². The van der Waals surface area contributed by atoms with Crippen LogP contribution >= 0.6 is 0 Å². The van der Waals surface area contributed by atoms with Gasteiger partial charge in [-0.05, 0) is 24.1 Å². The number of aromatic nitrogens is 4. The van der Waals surface area contributed by atoms with Gasteiger partial charge in [0.1, 0.15) is 17.9 Å². The van der Waals surface area contributed by atoms with Crippen LogP contribution in [0.2, 0.25) is 0 Å². The lowest BCUT2D eigenvalue weighted by Gasteiger charge is -2.06. The molecule has 0 fully saturated rings. The number of carbonyl (C=O) groups is 1. The Balaban J connectivity index is 1.85. The molecule has 0 aliphatic carbocycles. The number of aliphatic carboxylic acids is 1. The summed E-state index contributed by atoms with van der Waals surface area (Å²) in [6.45, 7) is 1.93. The maximum atomic E-state index is 12.4. The monoisotopic (exact) mass is 355 g/mol. The van der Waals surface area contributed by atoms with Gasteiger partial charge in [0.25, 0.3) is 5.56 Å². The summed E-state index contributed by atoms with van der Waals surface area (Å²) in [5.41, 5.74) is 3.49. The van der Waals surface area contributed by atoms with Crippen molar-refractivity contribution >= 4 is 22.7 Å². The normalized spacial score (nSPS) is 11.0. The number of benzene rings is 1. The van der Waals surface area contributed by atoms with Gasteiger partial charge in [0, 0.05) is 19.2 Å². The van der Waals surface area contributed by atoms with Crippen LogP contribution < -0.4 is 10.9 Å².